The largest absolute Gasteiger partial charge is 0.350 e. The predicted octanol–water partition coefficient (Wildman–Crippen LogP) is 0.931. The zero-order valence-electron chi connectivity index (χ0n) is 12.3. The molecule has 1 amide bonds. The van der Waals surface area contributed by atoms with Crippen LogP contribution in [0, 0.1) is 0 Å². The van der Waals surface area contributed by atoms with Crippen LogP contribution in [0.5, 0.6) is 0 Å². The van der Waals surface area contributed by atoms with Gasteiger partial charge in [-0.25, -0.2) is 13.1 Å². The maximum Gasteiger partial charge on any atom is 0.240 e. The first kappa shape index (κ1) is 19.9. The number of amides is 1. The first-order valence-corrected chi connectivity index (χ1v) is 7.83. The van der Waals surface area contributed by atoms with Crippen LogP contribution in [0.3, 0.4) is 0 Å². The van der Waals surface area contributed by atoms with E-state index in [1.807, 2.05) is 6.92 Å². The van der Waals surface area contributed by atoms with Crippen LogP contribution in [0.4, 0.5) is 0 Å². The summed E-state index contributed by atoms with van der Waals surface area (Å²) in [4.78, 5) is 11.8. The first-order chi connectivity index (χ1) is 9.26. The van der Waals surface area contributed by atoms with Gasteiger partial charge in [0, 0.05) is 12.5 Å². The van der Waals surface area contributed by atoms with Crippen LogP contribution < -0.4 is 15.8 Å². The molecule has 0 bridgehead atoms. The molecule has 0 aliphatic rings. The lowest BCUT2D eigenvalue weighted by molar-refractivity contribution is -0.122. The molecule has 1 aromatic rings. The van der Waals surface area contributed by atoms with Gasteiger partial charge in [-0.05, 0) is 38.6 Å². The Morgan fingerprint density at radius 2 is 1.76 bits per heavy atom. The number of benzene rings is 1. The molecule has 0 aliphatic heterocycles. The van der Waals surface area contributed by atoms with Gasteiger partial charge in [-0.1, -0.05) is 12.1 Å². The Hall–Kier alpha value is -1.15. The summed E-state index contributed by atoms with van der Waals surface area (Å²) in [5, 5.41) is 2.82. The number of sulfonamides is 1. The highest BCUT2D eigenvalue weighted by molar-refractivity contribution is 7.89. The first-order valence-electron chi connectivity index (χ1n) is 6.34. The molecule has 0 heterocycles. The van der Waals surface area contributed by atoms with Gasteiger partial charge in [0.1, 0.15) is 0 Å². The molecule has 120 valence electrons. The average Bonchev–Trinajstić information content (AvgIpc) is 2.37. The summed E-state index contributed by atoms with van der Waals surface area (Å²) in [5.41, 5.74) is 6.39. The number of nitrogens with two attached hydrogens (primary N) is 1. The van der Waals surface area contributed by atoms with Crippen LogP contribution in [0.15, 0.2) is 29.2 Å². The van der Waals surface area contributed by atoms with Crippen molar-refractivity contribution in [2.75, 3.05) is 7.05 Å². The van der Waals surface area contributed by atoms with Crippen LogP contribution >= 0.6 is 12.4 Å². The molecule has 2 atom stereocenters. The molecule has 0 fully saturated rings. The van der Waals surface area contributed by atoms with E-state index in [1.165, 1.54) is 19.2 Å². The molecule has 0 aromatic heterocycles. The second-order valence-corrected chi connectivity index (χ2v) is 6.63. The quantitative estimate of drug-likeness (QED) is 0.719. The highest BCUT2D eigenvalue weighted by Crippen LogP contribution is 2.16. The van der Waals surface area contributed by atoms with Crippen LogP contribution in [0.25, 0.3) is 0 Å². The van der Waals surface area contributed by atoms with Crippen molar-refractivity contribution in [3.05, 3.63) is 29.8 Å². The van der Waals surface area contributed by atoms with Crippen molar-refractivity contribution in [3.63, 3.8) is 0 Å². The molecule has 1 rings (SSSR count). The van der Waals surface area contributed by atoms with Gasteiger partial charge in [0.2, 0.25) is 15.9 Å². The zero-order chi connectivity index (χ0) is 15.3. The van der Waals surface area contributed by atoms with E-state index in [0.717, 1.165) is 5.56 Å². The van der Waals surface area contributed by atoms with Crippen LogP contribution in [0.1, 0.15) is 31.9 Å². The van der Waals surface area contributed by atoms with E-state index in [1.54, 1.807) is 19.1 Å². The minimum atomic E-state index is -3.43. The molecule has 8 heteroatoms. The number of carbonyl (C=O) groups is 1. The zero-order valence-corrected chi connectivity index (χ0v) is 13.9. The van der Waals surface area contributed by atoms with E-state index in [-0.39, 0.29) is 41.7 Å². The van der Waals surface area contributed by atoms with Gasteiger partial charge in [-0.2, -0.15) is 0 Å². The molecule has 0 radical (unpaired) electrons. The van der Waals surface area contributed by atoms with Gasteiger partial charge in [0.05, 0.1) is 10.9 Å². The molecule has 21 heavy (non-hydrogen) atoms. The van der Waals surface area contributed by atoms with E-state index < -0.39 is 10.0 Å². The van der Waals surface area contributed by atoms with Gasteiger partial charge in [-0.3, -0.25) is 4.79 Å². The lowest BCUT2D eigenvalue weighted by Gasteiger charge is -2.15. The maximum absolute atomic E-state index is 11.6. The Kier molecular flexibility index (Phi) is 7.87. The molecule has 2 unspecified atom stereocenters. The Labute approximate surface area is 132 Å². The van der Waals surface area contributed by atoms with Crippen LogP contribution in [0.2, 0.25) is 0 Å². The molecule has 0 saturated carbocycles. The Balaban J connectivity index is 0.00000400. The lowest BCUT2D eigenvalue weighted by Crippen LogP contribution is -2.31. The average molecular weight is 336 g/mol. The summed E-state index contributed by atoms with van der Waals surface area (Å²) >= 11 is 0. The minimum absolute atomic E-state index is 0. The Morgan fingerprint density at radius 3 is 2.19 bits per heavy atom. The van der Waals surface area contributed by atoms with Crippen molar-refractivity contribution in [3.8, 4) is 0 Å². The van der Waals surface area contributed by atoms with Crippen molar-refractivity contribution in [2.45, 2.75) is 37.2 Å². The second kappa shape index (κ2) is 8.33. The van der Waals surface area contributed by atoms with E-state index in [2.05, 4.69) is 10.0 Å². The summed E-state index contributed by atoms with van der Waals surface area (Å²) in [6.07, 6.45) is 0.260. The fourth-order valence-electron chi connectivity index (χ4n) is 1.73. The normalized spacial score (nSPS) is 13.9. The molecule has 0 aliphatic carbocycles. The SMILES string of the molecule is CNS(=O)(=O)c1ccc(C(C)NC(=O)CC(C)N)cc1.Cl. The van der Waals surface area contributed by atoms with Crippen molar-refractivity contribution in [1.82, 2.24) is 10.0 Å². The third kappa shape index (κ3) is 6.01. The molecule has 1 aromatic carbocycles. The molecular weight excluding hydrogens is 314 g/mol. The van der Waals surface area contributed by atoms with Crippen LogP contribution in [-0.4, -0.2) is 27.4 Å². The van der Waals surface area contributed by atoms with Gasteiger partial charge >= 0.3 is 0 Å². The van der Waals surface area contributed by atoms with Gasteiger partial charge in [0.25, 0.3) is 0 Å². The van der Waals surface area contributed by atoms with Crippen molar-refractivity contribution >= 4 is 28.3 Å². The van der Waals surface area contributed by atoms with Crippen molar-refractivity contribution < 1.29 is 13.2 Å². The smallest absolute Gasteiger partial charge is 0.240 e. The summed E-state index contributed by atoms with van der Waals surface area (Å²) in [6.45, 7) is 3.60. The molecule has 0 saturated heterocycles. The minimum Gasteiger partial charge on any atom is -0.350 e. The van der Waals surface area contributed by atoms with Gasteiger partial charge in [0.15, 0.2) is 0 Å². The van der Waals surface area contributed by atoms with E-state index >= 15 is 0 Å². The van der Waals surface area contributed by atoms with E-state index in [4.69, 9.17) is 5.73 Å². The van der Waals surface area contributed by atoms with Crippen LogP contribution in [-0.2, 0) is 14.8 Å². The lowest BCUT2D eigenvalue weighted by atomic mass is 10.1. The highest BCUT2D eigenvalue weighted by Gasteiger charge is 2.14. The Morgan fingerprint density at radius 1 is 1.24 bits per heavy atom. The third-order valence-electron chi connectivity index (χ3n) is 2.84. The molecule has 6 nitrogen and oxygen atoms in total. The fourth-order valence-corrected chi connectivity index (χ4v) is 2.46. The predicted molar refractivity (Wildman–Crippen MR) is 84.8 cm³/mol. The molecule has 4 N–H and O–H groups in total. The summed E-state index contributed by atoms with van der Waals surface area (Å²) in [7, 11) is -2.07. The molecule has 0 spiro atoms. The summed E-state index contributed by atoms with van der Waals surface area (Å²) in [6, 6.07) is 5.99. The topological polar surface area (TPSA) is 101 Å². The maximum atomic E-state index is 11.6. The van der Waals surface area contributed by atoms with Gasteiger partial charge < -0.3 is 11.1 Å². The highest BCUT2D eigenvalue weighted by atomic mass is 35.5. The number of nitrogens with one attached hydrogen (secondary N) is 2. The van der Waals surface area contributed by atoms with Gasteiger partial charge in [-0.15, -0.1) is 12.4 Å². The number of halogens is 1. The Bertz CT molecular complexity index is 559. The number of rotatable bonds is 6. The third-order valence-corrected chi connectivity index (χ3v) is 4.27. The summed E-state index contributed by atoms with van der Waals surface area (Å²) < 4.78 is 25.4. The number of hydrogen-bond donors (Lipinski definition) is 3. The van der Waals surface area contributed by atoms with E-state index in [9.17, 15) is 13.2 Å². The second-order valence-electron chi connectivity index (χ2n) is 4.75. The summed E-state index contributed by atoms with van der Waals surface area (Å²) in [5.74, 6) is -0.126. The fraction of sp³-hybridized carbons (Fsp3) is 0.462. The molecular formula is C13H22ClN3O3S. The number of carbonyl (C=O) groups excluding carboxylic acids is 1. The standard InChI is InChI=1S/C13H21N3O3S.ClH/c1-9(14)8-13(17)16-10(2)11-4-6-12(7-5-11)20(18,19)15-3;/h4-7,9-10,15H,8,14H2,1-3H3,(H,16,17);1H. The monoisotopic (exact) mass is 335 g/mol. The van der Waals surface area contributed by atoms with E-state index in [0.29, 0.717) is 0 Å². The number of hydrogen-bond acceptors (Lipinski definition) is 4. The van der Waals surface area contributed by atoms with Crippen molar-refractivity contribution in [2.24, 2.45) is 5.73 Å². The van der Waals surface area contributed by atoms with Crippen molar-refractivity contribution in [1.29, 1.82) is 0 Å².